The van der Waals surface area contributed by atoms with Crippen LogP contribution in [0, 0.1) is 12.8 Å². The number of H-pyrrole nitrogens is 1. The summed E-state index contributed by atoms with van der Waals surface area (Å²) in [6, 6.07) is 0. The fourth-order valence-electron chi connectivity index (χ4n) is 2.32. The zero-order valence-corrected chi connectivity index (χ0v) is 11.3. The van der Waals surface area contributed by atoms with E-state index in [1.807, 2.05) is 7.05 Å². The normalized spacial score (nSPS) is 17.9. The lowest BCUT2D eigenvalue weighted by Gasteiger charge is -2.31. The zero-order chi connectivity index (χ0) is 13.1. The van der Waals surface area contributed by atoms with Crippen LogP contribution >= 0.6 is 0 Å². The molecule has 1 amide bonds. The van der Waals surface area contributed by atoms with Crippen LogP contribution in [-0.2, 0) is 0 Å². The van der Waals surface area contributed by atoms with Crippen molar-refractivity contribution in [3.8, 4) is 0 Å². The van der Waals surface area contributed by atoms with Crippen molar-refractivity contribution in [2.75, 3.05) is 33.7 Å². The smallest absolute Gasteiger partial charge is 0.293 e. The summed E-state index contributed by atoms with van der Waals surface area (Å²) in [5.41, 5.74) is 0. The molecule has 0 bridgehead atoms. The van der Waals surface area contributed by atoms with Gasteiger partial charge >= 0.3 is 0 Å². The van der Waals surface area contributed by atoms with E-state index < -0.39 is 0 Å². The van der Waals surface area contributed by atoms with Crippen molar-refractivity contribution in [1.82, 2.24) is 25.0 Å². The van der Waals surface area contributed by atoms with Crippen LogP contribution in [0.3, 0.4) is 0 Å². The molecule has 6 heteroatoms. The maximum Gasteiger partial charge on any atom is 0.293 e. The van der Waals surface area contributed by atoms with Gasteiger partial charge in [0.2, 0.25) is 5.82 Å². The molecule has 0 unspecified atom stereocenters. The lowest BCUT2D eigenvalue weighted by molar-refractivity contribution is 0.0735. The van der Waals surface area contributed by atoms with Gasteiger partial charge in [-0.25, -0.2) is 4.98 Å². The largest absolute Gasteiger partial charge is 0.339 e. The number of hydrogen-bond donors (Lipinski definition) is 1. The van der Waals surface area contributed by atoms with Crippen molar-refractivity contribution < 1.29 is 4.79 Å². The Balaban J connectivity index is 1.88. The summed E-state index contributed by atoms with van der Waals surface area (Å²) in [7, 11) is 3.97. The highest BCUT2D eigenvalue weighted by atomic mass is 16.2. The number of hydrogen-bond acceptors (Lipinski definition) is 4. The van der Waals surface area contributed by atoms with Crippen LogP contribution in [0.2, 0.25) is 0 Å². The van der Waals surface area contributed by atoms with Crippen LogP contribution < -0.4 is 0 Å². The molecule has 1 aliphatic rings. The maximum absolute atomic E-state index is 12.1. The number of aryl methyl sites for hydroxylation is 1. The molecule has 0 atom stereocenters. The Morgan fingerprint density at radius 1 is 1.50 bits per heavy atom. The van der Waals surface area contributed by atoms with Gasteiger partial charge in [0.25, 0.3) is 5.91 Å². The molecular weight excluding hydrogens is 230 g/mol. The third kappa shape index (κ3) is 3.07. The van der Waals surface area contributed by atoms with Crippen molar-refractivity contribution in [1.29, 1.82) is 0 Å². The van der Waals surface area contributed by atoms with Crippen LogP contribution in [0.1, 0.15) is 29.3 Å². The summed E-state index contributed by atoms with van der Waals surface area (Å²) in [5, 5.41) is 6.60. The lowest BCUT2D eigenvalue weighted by atomic mass is 9.97. The average Bonchev–Trinajstić information content (AvgIpc) is 2.78. The van der Waals surface area contributed by atoms with Crippen molar-refractivity contribution in [3.63, 3.8) is 0 Å². The van der Waals surface area contributed by atoms with E-state index in [0.29, 0.717) is 11.7 Å². The van der Waals surface area contributed by atoms with E-state index in [0.717, 1.165) is 32.5 Å². The van der Waals surface area contributed by atoms with E-state index in [1.165, 1.54) is 0 Å². The third-order valence-electron chi connectivity index (χ3n) is 3.51. The number of rotatable bonds is 3. The Labute approximate surface area is 107 Å². The highest BCUT2D eigenvalue weighted by Gasteiger charge is 2.22. The van der Waals surface area contributed by atoms with Gasteiger partial charge in [-0.05, 0) is 45.8 Å². The van der Waals surface area contributed by atoms with Crippen LogP contribution in [0.4, 0.5) is 0 Å². The molecule has 1 N–H and O–H groups in total. The molecule has 1 fully saturated rings. The number of carbonyl (C=O) groups excluding carboxylic acids is 1. The molecule has 18 heavy (non-hydrogen) atoms. The van der Waals surface area contributed by atoms with Crippen LogP contribution in [0.15, 0.2) is 0 Å². The van der Waals surface area contributed by atoms with Gasteiger partial charge in [-0.1, -0.05) is 0 Å². The molecule has 1 aliphatic heterocycles. The van der Waals surface area contributed by atoms with Gasteiger partial charge in [0.15, 0.2) is 0 Å². The maximum atomic E-state index is 12.1. The van der Waals surface area contributed by atoms with E-state index in [4.69, 9.17) is 0 Å². The van der Waals surface area contributed by atoms with Gasteiger partial charge in [0.1, 0.15) is 5.82 Å². The standard InChI is InChI=1S/C12H21N5O/c1-9-13-11(15-14-9)12(18)17(3)8-10-4-6-16(2)7-5-10/h10H,4-8H2,1-3H3,(H,13,14,15). The van der Waals surface area contributed by atoms with Gasteiger partial charge in [0, 0.05) is 13.6 Å². The molecule has 1 aromatic rings. The van der Waals surface area contributed by atoms with Gasteiger partial charge in [-0.15, -0.1) is 5.10 Å². The Kier molecular flexibility index (Phi) is 3.96. The van der Waals surface area contributed by atoms with Crippen molar-refractivity contribution in [2.24, 2.45) is 5.92 Å². The molecule has 0 spiro atoms. The molecule has 1 aromatic heterocycles. The first-order valence-corrected chi connectivity index (χ1v) is 6.39. The Hall–Kier alpha value is -1.43. The minimum absolute atomic E-state index is 0.0988. The average molecular weight is 251 g/mol. The summed E-state index contributed by atoms with van der Waals surface area (Å²) in [6.07, 6.45) is 2.31. The van der Waals surface area contributed by atoms with E-state index in [-0.39, 0.29) is 11.7 Å². The number of carbonyl (C=O) groups is 1. The minimum atomic E-state index is -0.0988. The Morgan fingerprint density at radius 2 is 2.17 bits per heavy atom. The van der Waals surface area contributed by atoms with E-state index in [9.17, 15) is 4.79 Å². The fourth-order valence-corrected chi connectivity index (χ4v) is 2.32. The second kappa shape index (κ2) is 5.48. The van der Waals surface area contributed by atoms with Crippen LogP contribution in [-0.4, -0.2) is 64.6 Å². The Bertz CT molecular complexity index is 408. The summed E-state index contributed by atoms with van der Waals surface area (Å²) < 4.78 is 0. The first-order chi connectivity index (χ1) is 8.56. The summed E-state index contributed by atoms with van der Waals surface area (Å²) >= 11 is 0. The molecular formula is C12H21N5O. The number of amides is 1. The van der Waals surface area contributed by atoms with Gasteiger partial charge in [-0.2, -0.15) is 0 Å². The zero-order valence-electron chi connectivity index (χ0n) is 11.3. The van der Waals surface area contributed by atoms with Crippen LogP contribution in [0.25, 0.3) is 0 Å². The highest BCUT2D eigenvalue weighted by molar-refractivity contribution is 5.90. The summed E-state index contributed by atoms with van der Waals surface area (Å²) in [4.78, 5) is 20.2. The molecule has 0 aromatic carbocycles. The summed E-state index contributed by atoms with van der Waals surface area (Å²) in [6.45, 7) is 4.82. The molecule has 0 aliphatic carbocycles. The number of nitrogens with zero attached hydrogens (tertiary/aromatic N) is 4. The van der Waals surface area contributed by atoms with Gasteiger partial charge < -0.3 is 9.80 Å². The first-order valence-electron chi connectivity index (χ1n) is 6.39. The van der Waals surface area contributed by atoms with Crippen molar-refractivity contribution in [3.05, 3.63) is 11.6 Å². The SMILES string of the molecule is Cc1nc(C(=O)N(C)CC2CCN(C)CC2)n[nH]1. The third-order valence-corrected chi connectivity index (χ3v) is 3.51. The number of likely N-dealkylation sites (tertiary alicyclic amines) is 1. The lowest BCUT2D eigenvalue weighted by Crippen LogP contribution is -2.38. The molecule has 6 nitrogen and oxygen atoms in total. The van der Waals surface area contributed by atoms with Gasteiger partial charge in [-0.3, -0.25) is 9.89 Å². The molecule has 100 valence electrons. The second-order valence-corrected chi connectivity index (χ2v) is 5.18. The van der Waals surface area contributed by atoms with Crippen LogP contribution in [0.5, 0.6) is 0 Å². The number of piperidine rings is 1. The van der Waals surface area contributed by atoms with Gasteiger partial charge in [0.05, 0.1) is 0 Å². The summed E-state index contributed by atoms with van der Waals surface area (Å²) in [5.74, 6) is 1.43. The second-order valence-electron chi connectivity index (χ2n) is 5.18. The topological polar surface area (TPSA) is 65.1 Å². The number of aromatic nitrogens is 3. The fraction of sp³-hybridized carbons (Fsp3) is 0.750. The monoisotopic (exact) mass is 251 g/mol. The molecule has 2 rings (SSSR count). The van der Waals surface area contributed by atoms with E-state index in [1.54, 1.807) is 11.8 Å². The minimum Gasteiger partial charge on any atom is -0.339 e. The quantitative estimate of drug-likeness (QED) is 0.851. The number of aromatic amines is 1. The molecule has 1 saturated heterocycles. The molecule has 0 saturated carbocycles. The predicted octanol–water partition coefficient (Wildman–Crippen LogP) is 0.527. The molecule has 0 radical (unpaired) electrons. The number of nitrogens with one attached hydrogen (secondary N) is 1. The van der Waals surface area contributed by atoms with E-state index in [2.05, 4.69) is 27.1 Å². The van der Waals surface area contributed by atoms with Crippen molar-refractivity contribution >= 4 is 5.91 Å². The highest BCUT2D eigenvalue weighted by Crippen LogP contribution is 2.17. The van der Waals surface area contributed by atoms with E-state index >= 15 is 0 Å². The Morgan fingerprint density at radius 3 is 2.72 bits per heavy atom. The first kappa shape index (κ1) is 13.0. The molecule has 2 heterocycles. The predicted molar refractivity (Wildman–Crippen MR) is 68.3 cm³/mol. The van der Waals surface area contributed by atoms with Crippen molar-refractivity contribution in [2.45, 2.75) is 19.8 Å².